The molecule has 0 aliphatic carbocycles. The van der Waals surface area contributed by atoms with Crippen LogP contribution in [0, 0.1) is 11.8 Å². The first-order valence-corrected chi connectivity index (χ1v) is 7.95. The van der Waals surface area contributed by atoms with Crippen LogP contribution < -0.4 is 0 Å². The lowest BCUT2D eigenvalue weighted by Crippen LogP contribution is -2.51. The maximum atomic E-state index is 9.16. The minimum atomic E-state index is 0.115. The lowest BCUT2D eigenvalue weighted by atomic mass is 10.1. The average Bonchev–Trinajstić information content (AvgIpc) is 2.53. The molecule has 0 radical (unpaired) electrons. The molecule has 4 nitrogen and oxygen atoms in total. The van der Waals surface area contributed by atoms with Crippen LogP contribution in [0.4, 0.5) is 0 Å². The van der Waals surface area contributed by atoms with Crippen molar-refractivity contribution >= 4 is 0 Å². The summed E-state index contributed by atoms with van der Waals surface area (Å²) in [6, 6.07) is 8.79. The van der Waals surface area contributed by atoms with Crippen LogP contribution in [0.5, 0.6) is 0 Å². The molecule has 1 saturated heterocycles. The van der Waals surface area contributed by atoms with Gasteiger partial charge in [0.1, 0.15) is 0 Å². The zero-order valence-corrected chi connectivity index (χ0v) is 13.3. The van der Waals surface area contributed by atoms with Crippen molar-refractivity contribution in [1.29, 1.82) is 0 Å². The molecule has 120 valence electrons. The van der Waals surface area contributed by atoms with E-state index in [1.54, 1.807) is 0 Å². The zero-order chi connectivity index (χ0) is 15.8. The fourth-order valence-corrected chi connectivity index (χ4v) is 2.79. The maximum absolute atomic E-state index is 9.16. The molecule has 1 aromatic rings. The Kier molecular flexibility index (Phi) is 6.88. The van der Waals surface area contributed by atoms with Gasteiger partial charge in [0, 0.05) is 50.8 Å². The number of piperazine rings is 1. The normalized spacial score (nSPS) is 19.7. The second-order valence-electron chi connectivity index (χ2n) is 5.85. The van der Waals surface area contributed by atoms with Crippen molar-refractivity contribution in [2.75, 3.05) is 39.9 Å². The van der Waals surface area contributed by atoms with Gasteiger partial charge in [-0.15, -0.1) is 0 Å². The molecule has 1 heterocycles. The lowest BCUT2D eigenvalue weighted by Gasteiger charge is -2.39. The van der Waals surface area contributed by atoms with Gasteiger partial charge in [-0.25, -0.2) is 0 Å². The summed E-state index contributed by atoms with van der Waals surface area (Å²) in [6.07, 6.45) is 1.36. The summed E-state index contributed by atoms with van der Waals surface area (Å²) >= 11 is 0. The van der Waals surface area contributed by atoms with Crippen molar-refractivity contribution in [2.45, 2.75) is 25.4 Å². The highest BCUT2D eigenvalue weighted by molar-refractivity contribution is 5.36. The molecular weight excluding hydrogens is 276 g/mol. The standard InChI is InChI=1S/C18H26N2O2/c1-19-10-11-20(15-18(19)9-13-22)14-17-7-5-16(6-8-17)4-2-3-12-21/h5-8,18,21-22H,3,9-15H2,1H3. The Morgan fingerprint density at radius 2 is 1.91 bits per heavy atom. The van der Waals surface area contributed by atoms with Gasteiger partial charge in [-0.2, -0.15) is 0 Å². The van der Waals surface area contributed by atoms with E-state index >= 15 is 0 Å². The number of hydrogen-bond acceptors (Lipinski definition) is 4. The molecule has 1 aliphatic heterocycles. The highest BCUT2D eigenvalue weighted by Gasteiger charge is 2.23. The number of aliphatic hydroxyl groups is 2. The quantitative estimate of drug-likeness (QED) is 0.794. The number of benzene rings is 1. The predicted octanol–water partition coefficient (Wildman–Crippen LogP) is 0.919. The van der Waals surface area contributed by atoms with Gasteiger partial charge in [0.05, 0.1) is 6.61 Å². The molecule has 0 saturated carbocycles. The zero-order valence-electron chi connectivity index (χ0n) is 13.3. The number of likely N-dealkylation sites (N-methyl/N-ethyl adjacent to an activating group) is 1. The topological polar surface area (TPSA) is 46.9 Å². The highest BCUT2D eigenvalue weighted by atomic mass is 16.3. The summed E-state index contributed by atoms with van der Waals surface area (Å²) in [5.41, 5.74) is 2.29. The molecule has 1 atom stereocenters. The summed E-state index contributed by atoms with van der Waals surface area (Å²) in [7, 11) is 2.14. The van der Waals surface area contributed by atoms with Gasteiger partial charge in [0.25, 0.3) is 0 Å². The summed E-state index contributed by atoms with van der Waals surface area (Å²) in [4.78, 5) is 4.79. The lowest BCUT2D eigenvalue weighted by molar-refractivity contribution is 0.0743. The minimum Gasteiger partial charge on any atom is -0.396 e. The van der Waals surface area contributed by atoms with Crippen LogP contribution in [0.1, 0.15) is 24.0 Å². The third kappa shape index (κ3) is 5.11. The molecule has 0 spiro atoms. The van der Waals surface area contributed by atoms with Crippen LogP contribution in [0.25, 0.3) is 0 Å². The molecule has 1 aromatic carbocycles. The number of hydrogen-bond donors (Lipinski definition) is 2. The molecule has 2 rings (SSSR count). The van der Waals surface area contributed by atoms with Crippen LogP contribution in [-0.4, -0.2) is 66.0 Å². The minimum absolute atomic E-state index is 0.115. The Labute approximate surface area is 133 Å². The summed E-state index contributed by atoms with van der Waals surface area (Å²) in [5, 5.41) is 17.9. The first-order valence-electron chi connectivity index (χ1n) is 7.95. The van der Waals surface area contributed by atoms with E-state index in [4.69, 9.17) is 10.2 Å². The van der Waals surface area contributed by atoms with Crippen LogP contribution in [0.15, 0.2) is 24.3 Å². The third-order valence-electron chi connectivity index (χ3n) is 4.15. The molecule has 1 fully saturated rings. The van der Waals surface area contributed by atoms with Crippen molar-refractivity contribution in [3.8, 4) is 11.8 Å². The van der Waals surface area contributed by atoms with Gasteiger partial charge >= 0.3 is 0 Å². The smallest absolute Gasteiger partial charge is 0.0540 e. The Morgan fingerprint density at radius 3 is 2.59 bits per heavy atom. The molecule has 0 aromatic heterocycles. The molecule has 22 heavy (non-hydrogen) atoms. The largest absolute Gasteiger partial charge is 0.396 e. The Balaban J connectivity index is 1.89. The maximum Gasteiger partial charge on any atom is 0.0540 e. The summed E-state index contributed by atoms with van der Waals surface area (Å²) in [6.45, 7) is 4.44. The first-order chi connectivity index (χ1) is 10.7. The number of rotatable bonds is 5. The van der Waals surface area contributed by atoms with Gasteiger partial charge < -0.3 is 15.1 Å². The van der Waals surface area contributed by atoms with Crippen molar-refractivity contribution in [1.82, 2.24) is 9.80 Å². The van der Waals surface area contributed by atoms with Crippen molar-refractivity contribution in [3.05, 3.63) is 35.4 Å². The molecule has 0 bridgehead atoms. The summed E-state index contributed by atoms with van der Waals surface area (Å²) < 4.78 is 0. The molecule has 0 amide bonds. The van der Waals surface area contributed by atoms with Gasteiger partial charge in [0.15, 0.2) is 0 Å². The predicted molar refractivity (Wildman–Crippen MR) is 88.4 cm³/mol. The Morgan fingerprint density at radius 1 is 1.14 bits per heavy atom. The van der Waals surface area contributed by atoms with E-state index in [2.05, 4.69) is 40.8 Å². The molecule has 1 unspecified atom stereocenters. The first kappa shape index (κ1) is 17.0. The van der Waals surface area contributed by atoms with E-state index in [9.17, 15) is 0 Å². The number of aliphatic hydroxyl groups excluding tert-OH is 2. The van der Waals surface area contributed by atoms with Crippen molar-refractivity contribution in [3.63, 3.8) is 0 Å². The fraction of sp³-hybridized carbons (Fsp3) is 0.556. The monoisotopic (exact) mass is 302 g/mol. The van der Waals surface area contributed by atoms with E-state index in [-0.39, 0.29) is 13.2 Å². The number of nitrogens with zero attached hydrogens (tertiary/aromatic N) is 2. The average molecular weight is 302 g/mol. The van der Waals surface area contributed by atoms with E-state index < -0.39 is 0 Å². The van der Waals surface area contributed by atoms with E-state index in [1.807, 2.05) is 12.1 Å². The van der Waals surface area contributed by atoms with Crippen LogP contribution in [0.2, 0.25) is 0 Å². The summed E-state index contributed by atoms with van der Waals surface area (Å²) in [5.74, 6) is 5.99. The highest BCUT2D eigenvalue weighted by Crippen LogP contribution is 2.14. The molecule has 2 N–H and O–H groups in total. The fourth-order valence-electron chi connectivity index (χ4n) is 2.79. The van der Waals surface area contributed by atoms with Crippen LogP contribution >= 0.6 is 0 Å². The van der Waals surface area contributed by atoms with Gasteiger partial charge in [-0.1, -0.05) is 24.0 Å². The van der Waals surface area contributed by atoms with E-state index in [0.29, 0.717) is 12.5 Å². The van der Waals surface area contributed by atoms with Gasteiger partial charge in [0.2, 0.25) is 0 Å². The van der Waals surface area contributed by atoms with Gasteiger partial charge in [-0.05, 0) is 31.2 Å². The van der Waals surface area contributed by atoms with E-state index in [1.165, 1.54) is 5.56 Å². The van der Waals surface area contributed by atoms with Crippen LogP contribution in [-0.2, 0) is 6.54 Å². The molecule has 1 aliphatic rings. The Bertz CT molecular complexity index is 504. The van der Waals surface area contributed by atoms with Crippen molar-refractivity contribution < 1.29 is 10.2 Å². The second kappa shape index (κ2) is 8.92. The van der Waals surface area contributed by atoms with Crippen LogP contribution in [0.3, 0.4) is 0 Å². The molecular formula is C18H26N2O2. The molecule has 4 heteroatoms. The second-order valence-corrected chi connectivity index (χ2v) is 5.85. The third-order valence-corrected chi connectivity index (χ3v) is 4.15. The van der Waals surface area contributed by atoms with E-state index in [0.717, 1.165) is 38.2 Å². The Hall–Kier alpha value is -1.38. The SMILES string of the molecule is CN1CCN(Cc2ccc(C#CCCO)cc2)CC1CCO. The van der Waals surface area contributed by atoms with Crippen molar-refractivity contribution in [2.24, 2.45) is 0 Å². The van der Waals surface area contributed by atoms with Gasteiger partial charge in [-0.3, -0.25) is 4.90 Å².